The van der Waals surface area contributed by atoms with E-state index in [1.165, 1.54) is 0 Å². The third kappa shape index (κ3) is 5.47. The molecule has 1 atom stereocenters. The van der Waals surface area contributed by atoms with Crippen LogP contribution in [0.1, 0.15) is 26.2 Å². The second kappa shape index (κ2) is 6.71. The molecule has 0 aromatic heterocycles. The second-order valence-corrected chi connectivity index (χ2v) is 3.04. The molecule has 1 amide bonds. The Hall–Kier alpha value is -0.770. The number of amides is 1. The number of carboxylic acids is 1. The van der Waals surface area contributed by atoms with E-state index < -0.39 is 12.0 Å². The largest absolute Gasteiger partial charge is 0.480 e. The average molecular weight is 208 g/mol. The van der Waals surface area contributed by atoms with Gasteiger partial charge in [0.05, 0.1) is 0 Å². The summed E-state index contributed by atoms with van der Waals surface area (Å²) in [5.41, 5.74) is 0. The number of carbonyl (C=O) groups is 2. The van der Waals surface area contributed by atoms with Crippen molar-refractivity contribution in [3.63, 3.8) is 0 Å². The first-order valence-electron chi connectivity index (χ1n) is 4.20. The van der Waals surface area contributed by atoms with Gasteiger partial charge in [0.2, 0.25) is 5.91 Å². The molecule has 4 nitrogen and oxygen atoms in total. The molecule has 0 fully saturated rings. The second-order valence-electron chi connectivity index (χ2n) is 2.66. The standard InChI is InChI=1S/C8H14ClNO3/c1-2-6(8(12)13)10-7(11)4-3-5-9/h6H,2-5H2,1H3,(H,10,11)(H,12,13)/t6-/m0/s1. The summed E-state index contributed by atoms with van der Waals surface area (Å²) in [6, 6.07) is -0.775. The van der Waals surface area contributed by atoms with Crippen LogP contribution < -0.4 is 5.32 Å². The van der Waals surface area contributed by atoms with Crippen LogP contribution in [0.2, 0.25) is 0 Å². The van der Waals surface area contributed by atoms with Crippen LogP contribution in [0.15, 0.2) is 0 Å². The van der Waals surface area contributed by atoms with Gasteiger partial charge in [0.1, 0.15) is 6.04 Å². The number of carboxylic acid groups (broad SMARTS) is 1. The Morgan fingerprint density at radius 2 is 2.15 bits per heavy atom. The molecular formula is C8H14ClNO3. The first-order chi connectivity index (χ1) is 6.11. The van der Waals surface area contributed by atoms with E-state index >= 15 is 0 Å². The summed E-state index contributed by atoms with van der Waals surface area (Å²) in [5.74, 6) is -0.839. The van der Waals surface area contributed by atoms with Crippen molar-refractivity contribution >= 4 is 23.5 Å². The molecule has 0 heterocycles. The maximum atomic E-state index is 11.0. The van der Waals surface area contributed by atoms with Gasteiger partial charge in [-0.25, -0.2) is 4.79 Å². The smallest absolute Gasteiger partial charge is 0.326 e. The van der Waals surface area contributed by atoms with Gasteiger partial charge in [0.15, 0.2) is 0 Å². The number of halogens is 1. The molecule has 0 saturated heterocycles. The lowest BCUT2D eigenvalue weighted by Gasteiger charge is -2.11. The summed E-state index contributed by atoms with van der Waals surface area (Å²) >= 11 is 5.38. The maximum Gasteiger partial charge on any atom is 0.326 e. The highest BCUT2D eigenvalue weighted by atomic mass is 35.5. The lowest BCUT2D eigenvalue weighted by molar-refractivity contribution is -0.141. The quantitative estimate of drug-likeness (QED) is 0.639. The maximum absolute atomic E-state index is 11.0. The van der Waals surface area contributed by atoms with Crippen LogP contribution in [0.5, 0.6) is 0 Å². The van der Waals surface area contributed by atoms with Gasteiger partial charge in [0.25, 0.3) is 0 Å². The number of hydrogen-bond acceptors (Lipinski definition) is 2. The fourth-order valence-electron chi connectivity index (χ4n) is 0.832. The van der Waals surface area contributed by atoms with Gasteiger partial charge in [0, 0.05) is 12.3 Å². The van der Waals surface area contributed by atoms with Gasteiger partial charge in [-0.1, -0.05) is 6.92 Å². The molecule has 2 N–H and O–H groups in total. The first kappa shape index (κ1) is 12.2. The van der Waals surface area contributed by atoms with Crippen molar-refractivity contribution in [2.24, 2.45) is 0 Å². The molecule has 0 spiro atoms. The number of alkyl halides is 1. The molecule has 0 bridgehead atoms. The zero-order valence-electron chi connectivity index (χ0n) is 7.55. The number of nitrogens with one attached hydrogen (secondary N) is 1. The molecule has 0 radical (unpaired) electrons. The highest BCUT2D eigenvalue weighted by Gasteiger charge is 2.16. The third-order valence-electron chi connectivity index (χ3n) is 1.58. The molecular weight excluding hydrogens is 194 g/mol. The predicted molar refractivity (Wildman–Crippen MR) is 49.8 cm³/mol. The summed E-state index contributed by atoms with van der Waals surface area (Å²) in [6.07, 6.45) is 1.25. The molecule has 0 aromatic rings. The fourth-order valence-corrected chi connectivity index (χ4v) is 0.966. The van der Waals surface area contributed by atoms with Crippen LogP contribution >= 0.6 is 11.6 Å². The molecule has 0 rings (SSSR count). The summed E-state index contributed by atoms with van der Waals surface area (Å²) in [7, 11) is 0. The average Bonchev–Trinajstić information content (AvgIpc) is 2.10. The molecule has 0 aromatic carbocycles. The van der Waals surface area contributed by atoms with E-state index in [1.807, 2.05) is 0 Å². The number of rotatable bonds is 6. The molecule has 13 heavy (non-hydrogen) atoms. The van der Waals surface area contributed by atoms with E-state index in [0.29, 0.717) is 18.7 Å². The Bertz CT molecular complexity index is 184. The van der Waals surface area contributed by atoms with Gasteiger partial charge < -0.3 is 10.4 Å². The zero-order chi connectivity index (χ0) is 10.3. The number of hydrogen-bond donors (Lipinski definition) is 2. The highest BCUT2D eigenvalue weighted by Crippen LogP contribution is 1.95. The lowest BCUT2D eigenvalue weighted by Crippen LogP contribution is -2.40. The normalized spacial score (nSPS) is 12.2. The monoisotopic (exact) mass is 207 g/mol. The molecule has 0 aliphatic carbocycles. The van der Waals surface area contributed by atoms with E-state index in [2.05, 4.69) is 5.32 Å². The van der Waals surface area contributed by atoms with E-state index in [1.54, 1.807) is 6.92 Å². The minimum atomic E-state index is -0.998. The summed E-state index contributed by atoms with van der Waals surface area (Å²) in [5, 5.41) is 11.0. The number of carbonyl (C=O) groups excluding carboxylic acids is 1. The number of aliphatic carboxylic acids is 1. The fraction of sp³-hybridized carbons (Fsp3) is 0.750. The van der Waals surface area contributed by atoms with Crippen molar-refractivity contribution in [3.8, 4) is 0 Å². The van der Waals surface area contributed by atoms with Gasteiger partial charge >= 0.3 is 5.97 Å². The molecule has 5 heteroatoms. The Labute approximate surface area is 82.3 Å². The Balaban J connectivity index is 3.80. The predicted octanol–water partition coefficient (Wildman–Crippen LogP) is 0.985. The topological polar surface area (TPSA) is 66.4 Å². The highest BCUT2D eigenvalue weighted by molar-refractivity contribution is 6.17. The minimum absolute atomic E-state index is 0.255. The van der Waals surface area contributed by atoms with Crippen molar-refractivity contribution in [1.29, 1.82) is 0 Å². The van der Waals surface area contributed by atoms with Crippen molar-refractivity contribution in [1.82, 2.24) is 5.32 Å². The van der Waals surface area contributed by atoms with E-state index in [4.69, 9.17) is 16.7 Å². The molecule has 0 aliphatic heterocycles. The van der Waals surface area contributed by atoms with E-state index in [-0.39, 0.29) is 12.3 Å². The van der Waals surface area contributed by atoms with Crippen LogP contribution in [0.25, 0.3) is 0 Å². The van der Waals surface area contributed by atoms with Crippen molar-refractivity contribution < 1.29 is 14.7 Å². The molecule has 0 unspecified atom stereocenters. The van der Waals surface area contributed by atoms with Crippen molar-refractivity contribution in [3.05, 3.63) is 0 Å². The summed E-state index contributed by atoms with van der Waals surface area (Å²) in [6.45, 7) is 1.71. The van der Waals surface area contributed by atoms with Crippen molar-refractivity contribution in [2.45, 2.75) is 32.2 Å². The zero-order valence-corrected chi connectivity index (χ0v) is 8.30. The summed E-state index contributed by atoms with van der Waals surface area (Å²) < 4.78 is 0. The van der Waals surface area contributed by atoms with Crippen LogP contribution in [0.4, 0.5) is 0 Å². The molecule has 0 saturated carbocycles. The van der Waals surface area contributed by atoms with Gasteiger partial charge in [-0.3, -0.25) is 4.79 Å². The van der Waals surface area contributed by atoms with Crippen molar-refractivity contribution in [2.75, 3.05) is 5.88 Å². The Morgan fingerprint density at radius 1 is 1.54 bits per heavy atom. The molecule has 76 valence electrons. The van der Waals surface area contributed by atoms with E-state index in [0.717, 1.165) is 0 Å². The minimum Gasteiger partial charge on any atom is -0.480 e. The van der Waals surface area contributed by atoms with E-state index in [9.17, 15) is 9.59 Å². The van der Waals surface area contributed by atoms with Crippen LogP contribution in [-0.4, -0.2) is 28.9 Å². The van der Waals surface area contributed by atoms with Gasteiger partial charge in [-0.2, -0.15) is 0 Å². The van der Waals surface area contributed by atoms with Crippen LogP contribution in [0.3, 0.4) is 0 Å². The lowest BCUT2D eigenvalue weighted by atomic mass is 10.2. The van der Waals surface area contributed by atoms with Gasteiger partial charge in [-0.05, 0) is 12.8 Å². The first-order valence-corrected chi connectivity index (χ1v) is 4.73. The SMILES string of the molecule is CC[C@H](NC(=O)CCCCl)C(=O)O. The summed E-state index contributed by atoms with van der Waals surface area (Å²) in [4.78, 5) is 21.5. The Kier molecular flexibility index (Phi) is 6.32. The van der Waals surface area contributed by atoms with Crippen LogP contribution in [0, 0.1) is 0 Å². The molecule has 0 aliphatic rings. The van der Waals surface area contributed by atoms with Gasteiger partial charge in [-0.15, -0.1) is 11.6 Å². The van der Waals surface area contributed by atoms with Crippen LogP contribution in [-0.2, 0) is 9.59 Å². The Morgan fingerprint density at radius 3 is 2.54 bits per heavy atom. The third-order valence-corrected chi connectivity index (χ3v) is 1.85.